The first kappa shape index (κ1) is 19.7. The minimum Gasteiger partial charge on any atom is -0.491 e. The summed E-state index contributed by atoms with van der Waals surface area (Å²) in [5.74, 6) is 2.13. The summed E-state index contributed by atoms with van der Waals surface area (Å²) in [6, 6.07) is 16.7. The average Bonchev–Trinajstić information content (AvgIpc) is 3.38. The van der Waals surface area contributed by atoms with Crippen LogP contribution in [0.2, 0.25) is 0 Å². The van der Waals surface area contributed by atoms with Crippen LogP contribution in [0.4, 0.5) is 0 Å². The molecular weight excluding hydrogens is 358 g/mol. The maximum absolute atomic E-state index is 6.15. The molecule has 0 amide bonds. The molecule has 0 bridgehead atoms. The summed E-state index contributed by atoms with van der Waals surface area (Å²) in [5.41, 5.74) is 3.46. The molecule has 0 unspecified atom stereocenters. The zero-order valence-electron chi connectivity index (χ0n) is 17.2. The third kappa shape index (κ3) is 4.88. The van der Waals surface area contributed by atoms with Gasteiger partial charge in [0.1, 0.15) is 18.2 Å². The fraction of sp³-hybridized carbons (Fsp3) is 0.400. The van der Waals surface area contributed by atoms with Gasteiger partial charge in [0.2, 0.25) is 0 Å². The lowest BCUT2D eigenvalue weighted by Gasteiger charge is -2.15. The second-order valence-electron chi connectivity index (χ2n) is 7.77. The van der Waals surface area contributed by atoms with Gasteiger partial charge in [0.25, 0.3) is 0 Å². The normalized spacial score (nSPS) is 14.5. The van der Waals surface area contributed by atoms with Crippen LogP contribution in [0, 0.1) is 0 Å². The van der Waals surface area contributed by atoms with E-state index < -0.39 is 0 Å². The van der Waals surface area contributed by atoms with Gasteiger partial charge in [0.05, 0.1) is 17.6 Å². The number of likely N-dealkylation sites (tertiary alicyclic amines) is 1. The smallest absolute Gasteiger partial charge is 0.122 e. The molecule has 1 aliphatic rings. The Morgan fingerprint density at radius 2 is 1.79 bits per heavy atom. The second kappa shape index (κ2) is 9.75. The van der Waals surface area contributed by atoms with Crippen LogP contribution in [0.3, 0.4) is 0 Å². The zero-order chi connectivity index (χ0) is 19.9. The van der Waals surface area contributed by atoms with E-state index in [0.29, 0.717) is 6.61 Å². The van der Waals surface area contributed by atoms with Crippen LogP contribution in [0.1, 0.15) is 30.7 Å². The van der Waals surface area contributed by atoms with E-state index in [0.717, 1.165) is 37.1 Å². The van der Waals surface area contributed by atoms with Crippen molar-refractivity contribution in [1.29, 1.82) is 0 Å². The number of imidazole rings is 1. The third-order valence-electron chi connectivity index (χ3n) is 5.72. The Labute approximate surface area is 173 Å². The lowest BCUT2D eigenvalue weighted by molar-refractivity contribution is 0.294. The number of fused-ring (bicyclic) bond motifs is 1. The first-order chi connectivity index (χ1) is 14.3. The Morgan fingerprint density at radius 3 is 2.66 bits per heavy atom. The van der Waals surface area contributed by atoms with Crippen LogP contribution in [0.25, 0.3) is 11.0 Å². The molecular formula is C25H31N3O. The van der Waals surface area contributed by atoms with E-state index in [1.165, 1.54) is 49.4 Å². The van der Waals surface area contributed by atoms with Crippen molar-refractivity contribution in [2.75, 3.05) is 26.2 Å². The maximum atomic E-state index is 6.15. The lowest BCUT2D eigenvalue weighted by atomic mass is 10.1. The average molecular weight is 390 g/mol. The summed E-state index contributed by atoms with van der Waals surface area (Å²) >= 11 is 0. The van der Waals surface area contributed by atoms with Gasteiger partial charge in [0.15, 0.2) is 0 Å². The molecule has 0 aliphatic carbocycles. The van der Waals surface area contributed by atoms with E-state index in [2.05, 4.69) is 46.4 Å². The molecule has 2 aromatic carbocycles. The number of nitrogens with zero attached hydrogens (tertiary/aromatic N) is 3. The van der Waals surface area contributed by atoms with E-state index in [-0.39, 0.29) is 0 Å². The predicted octanol–water partition coefficient (Wildman–Crippen LogP) is 4.87. The highest BCUT2D eigenvalue weighted by molar-refractivity contribution is 5.75. The molecule has 1 aliphatic heterocycles. The molecule has 1 saturated heterocycles. The first-order valence-electron chi connectivity index (χ1n) is 10.8. The van der Waals surface area contributed by atoms with Crippen molar-refractivity contribution >= 4 is 11.0 Å². The number of aryl methyl sites for hydroxylation is 1. The fourth-order valence-electron chi connectivity index (χ4n) is 4.25. The van der Waals surface area contributed by atoms with Gasteiger partial charge in [0, 0.05) is 6.42 Å². The van der Waals surface area contributed by atoms with Crippen molar-refractivity contribution in [3.63, 3.8) is 0 Å². The van der Waals surface area contributed by atoms with Crippen molar-refractivity contribution in [3.05, 3.63) is 72.6 Å². The number of allylic oxidation sites excluding steroid dienone is 1. The molecule has 0 radical (unpaired) electrons. The Kier molecular flexibility index (Phi) is 6.63. The number of benzene rings is 2. The molecule has 152 valence electrons. The summed E-state index contributed by atoms with van der Waals surface area (Å²) < 4.78 is 8.49. The molecule has 4 rings (SSSR count). The zero-order valence-corrected chi connectivity index (χ0v) is 17.2. The van der Waals surface area contributed by atoms with Gasteiger partial charge >= 0.3 is 0 Å². The molecule has 29 heavy (non-hydrogen) atoms. The number of hydrogen-bond donors (Lipinski definition) is 0. The topological polar surface area (TPSA) is 30.3 Å². The molecule has 0 N–H and O–H groups in total. The van der Waals surface area contributed by atoms with Gasteiger partial charge < -0.3 is 14.2 Å². The largest absolute Gasteiger partial charge is 0.491 e. The molecule has 0 saturated carbocycles. The Balaban J connectivity index is 1.43. The fourth-order valence-corrected chi connectivity index (χ4v) is 4.25. The highest BCUT2D eigenvalue weighted by Crippen LogP contribution is 2.21. The Morgan fingerprint density at radius 1 is 1.00 bits per heavy atom. The summed E-state index contributed by atoms with van der Waals surface area (Å²) in [6.07, 6.45) is 7.62. The standard InChI is InChI=1S/C25H31N3O/c1-2-10-21-11-3-6-14-24(21)29-20-19-28-23-13-5-4-12-22(23)26-25(28)15-9-18-27-16-7-8-17-27/h2-6,11-14H,1,7-10,15-20H2. The van der Waals surface area contributed by atoms with Gasteiger partial charge in [-0.3, -0.25) is 0 Å². The molecule has 4 nitrogen and oxygen atoms in total. The van der Waals surface area contributed by atoms with Crippen LogP contribution >= 0.6 is 0 Å². The molecule has 0 atom stereocenters. The van der Waals surface area contributed by atoms with Crippen LogP contribution in [-0.4, -0.2) is 40.7 Å². The molecule has 3 aromatic rings. The SMILES string of the molecule is C=CCc1ccccc1OCCn1c(CCCN2CCCC2)nc2ccccc21. The van der Waals surface area contributed by atoms with E-state index in [1.807, 2.05) is 24.3 Å². The van der Waals surface area contributed by atoms with E-state index in [4.69, 9.17) is 9.72 Å². The number of rotatable bonds is 10. The second-order valence-corrected chi connectivity index (χ2v) is 7.77. The quantitative estimate of drug-likeness (QED) is 0.463. The highest BCUT2D eigenvalue weighted by Gasteiger charge is 2.14. The minimum atomic E-state index is 0.633. The summed E-state index contributed by atoms with van der Waals surface area (Å²) in [4.78, 5) is 7.50. The Hall–Kier alpha value is -2.59. The number of hydrogen-bond acceptors (Lipinski definition) is 3. The molecule has 2 heterocycles. The van der Waals surface area contributed by atoms with E-state index in [1.54, 1.807) is 0 Å². The summed E-state index contributed by atoms with van der Waals surface area (Å²) in [6.45, 7) is 8.98. The monoisotopic (exact) mass is 389 g/mol. The first-order valence-corrected chi connectivity index (χ1v) is 10.8. The van der Waals surface area contributed by atoms with Crippen molar-refractivity contribution in [3.8, 4) is 5.75 Å². The van der Waals surface area contributed by atoms with Crippen molar-refractivity contribution < 1.29 is 4.74 Å². The van der Waals surface area contributed by atoms with Crippen molar-refractivity contribution in [2.24, 2.45) is 0 Å². The summed E-state index contributed by atoms with van der Waals surface area (Å²) in [5, 5.41) is 0. The number of aromatic nitrogens is 2. The minimum absolute atomic E-state index is 0.633. The highest BCUT2D eigenvalue weighted by atomic mass is 16.5. The lowest BCUT2D eigenvalue weighted by Crippen LogP contribution is -2.21. The van der Waals surface area contributed by atoms with Crippen LogP contribution in [0.15, 0.2) is 61.2 Å². The molecule has 1 aromatic heterocycles. The van der Waals surface area contributed by atoms with Gasteiger partial charge in [-0.15, -0.1) is 6.58 Å². The van der Waals surface area contributed by atoms with Gasteiger partial charge in [-0.2, -0.15) is 0 Å². The van der Waals surface area contributed by atoms with Gasteiger partial charge in [-0.05, 0) is 69.1 Å². The predicted molar refractivity (Wildman–Crippen MR) is 120 cm³/mol. The van der Waals surface area contributed by atoms with Crippen molar-refractivity contribution in [2.45, 2.75) is 38.6 Å². The maximum Gasteiger partial charge on any atom is 0.122 e. The molecule has 0 spiro atoms. The summed E-state index contributed by atoms with van der Waals surface area (Å²) in [7, 11) is 0. The molecule has 4 heteroatoms. The van der Waals surface area contributed by atoms with Gasteiger partial charge in [-0.1, -0.05) is 36.4 Å². The van der Waals surface area contributed by atoms with Crippen LogP contribution in [0.5, 0.6) is 5.75 Å². The Bertz CT molecular complexity index is 940. The van der Waals surface area contributed by atoms with Gasteiger partial charge in [-0.25, -0.2) is 4.98 Å². The third-order valence-corrected chi connectivity index (χ3v) is 5.72. The van der Waals surface area contributed by atoms with E-state index >= 15 is 0 Å². The van der Waals surface area contributed by atoms with Crippen molar-refractivity contribution in [1.82, 2.24) is 14.5 Å². The van der Waals surface area contributed by atoms with Crippen LogP contribution in [-0.2, 0) is 19.4 Å². The van der Waals surface area contributed by atoms with E-state index in [9.17, 15) is 0 Å². The number of para-hydroxylation sites is 3. The molecule has 1 fully saturated rings. The van der Waals surface area contributed by atoms with Crippen LogP contribution < -0.4 is 4.74 Å². The number of ether oxygens (including phenoxy) is 1.